The van der Waals surface area contributed by atoms with Gasteiger partial charge in [0, 0.05) is 19.1 Å². The summed E-state index contributed by atoms with van der Waals surface area (Å²) in [6, 6.07) is 9.10. The number of carbonyl (C=O) groups excluding carboxylic acids is 1. The second-order valence-electron chi connectivity index (χ2n) is 5.57. The van der Waals surface area contributed by atoms with Crippen molar-refractivity contribution >= 4 is 23.2 Å². The number of thiophene rings is 1. The lowest BCUT2D eigenvalue weighted by Crippen LogP contribution is -2.30. The van der Waals surface area contributed by atoms with Crippen LogP contribution in [0.3, 0.4) is 0 Å². The second-order valence-corrected chi connectivity index (χ2v) is 6.65. The largest absolute Gasteiger partial charge is 0.477 e. The Morgan fingerprint density at radius 3 is 2.58 bits per heavy atom. The first-order chi connectivity index (χ1) is 11.5. The highest BCUT2D eigenvalue weighted by Gasteiger charge is 2.30. The second kappa shape index (κ2) is 7.11. The molecule has 0 bridgehead atoms. The van der Waals surface area contributed by atoms with Gasteiger partial charge in [-0.05, 0) is 36.2 Å². The molecule has 0 spiro atoms. The quantitative estimate of drug-likeness (QED) is 0.870. The van der Waals surface area contributed by atoms with E-state index in [1.807, 2.05) is 0 Å². The molecule has 1 aromatic carbocycles. The van der Waals surface area contributed by atoms with Crippen molar-refractivity contribution in [2.24, 2.45) is 5.92 Å². The van der Waals surface area contributed by atoms with Crippen molar-refractivity contribution in [3.63, 3.8) is 0 Å². The highest BCUT2D eigenvalue weighted by atomic mass is 32.1. The number of hydrogen-bond acceptors (Lipinski definition) is 4. The summed E-state index contributed by atoms with van der Waals surface area (Å²) in [6.45, 7) is 1.01. The molecule has 1 fully saturated rings. The third-order valence-electron chi connectivity index (χ3n) is 3.98. The number of carboxylic acid groups (broad SMARTS) is 1. The summed E-state index contributed by atoms with van der Waals surface area (Å²) in [5.74, 6) is -1.54. The molecule has 24 heavy (non-hydrogen) atoms. The van der Waals surface area contributed by atoms with Crippen LogP contribution in [0.5, 0.6) is 0 Å². The Labute approximate surface area is 142 Å². The number of ether oxygens (including phenoxy) is 1. The van der Waals surface area contributed by atoms with E-state index in [-0.39, 0.29) is 28.6 Å². The zero-order valence-electron chi connectivity index (χ0n) is 12.7. The molecule has 0 radical (unpaired) electrons. The Kier molecular flexibility index (Phi) is 4.92. The van der Waals surface area contributed by atoms with E-state index in [9.17, 15) is 14.0 Å². The molecule has 0 aliphatic carbocycles. The fourth-order valence-electron chi connectivity index (χ4n) is 2.75. The number of benzene rings is 1. The molecule has 1 aromatic heterocycles. The van der Waals surface area contributed by atoms with Crippen LogP contribution in [0.4, 0.5) is 4.39 Å². The van der Waals surface area contributed by atoms with E-state index in [1.54, 1.807) is 12.1 Å². The number of aromatic carboxylic acids is 1. The summed E-state index contributed by atoms with van der Waals surface area (Å²) in [5, 5.41) is 11.7. The maximum atomic E-state index is 13.0. The molecule has 1 saturated heterocycles. The molecule has 126 valence electrons. The molecule has 0 saturated carbocycles. The number of nitrogens with one attached hydrogen (secondary N) is 1. The summed E-state index contributed by atoms with van der Waals surface area (Å²) in [5.41, 5.74) is 0.887. The average molecular weight is 349 g/mol. The molecule has 2 atom stereocenters. The van der Waals surface area contributed by atoms with Crippen molar-refractivity contribution in [1.82, 2.24) is 5.32 Å². The predicted molar refractivity (Wildman–Crippen MR) is 86.8 cm³/mol. The Hall–Kier alpha value is -2.25. The monoisotopic (exact) mass is 349 g/mol. The number of rotatable bonds is 5. The number of amides is 1. The highest BCUT2D eigenvalue weighted by molar-refractivity contribution is 7.15. The normalized spacial score (nSPS) is 20.0. The molecular weight excluding hydrogens is 333 g/mol. The van der Waals surface area contributed by atoms with Gasteiger partial charge in [-0.15, -0.1) is 11.3 Å². The third kappa shape index (κ3) is 3.63. The first-order valence-corrected chi connectivity index (χ1v) is 8.34. The Balaban J connectivity index is 1.61. The van der Waals surface area contributed by atoms with Gasteiger partial charge in [0.15, 0.2) is 0 Å². The molecule has 1 amide bonds. The van der Waals surface area contributed by atoms with Gasteiger partial charge < -0.3 is 15.2 Å². The predicted octanol–water partition coefficient (Wildman–Crippen LogP) is 3.09. The van der Waals surface area contributed by atoms with E-state index in [2.05, 4.69) is 5.32 Å². The van der Waals surface area contributed by atoms with E-state index in [0.717, 1.165) is 23.3 Å². The van der Waals surface area contributed by atoms with Crippen molar-refractivity contribution in [3.05, 3.63) is 57.5 Å². The number of halogens is 1. The van der Waals surface area contributed by atoms with Crippen LogP contribution in [0, 0.1) is 11.7 Å². The van der Waals surface area contributed by atoms with Gasteiger partial charge in [-0.1, -0.05) is 12.1 Å². The Morgan fingerprint density at radius 1 is 1.21 bits per heavy atom. The zero-order valence-corrected chi connectivity index (χ0v) is 13.5. The van der Waals surface area contributed by atoms with Gasteiger partial charge in [0.25, 0.3) is 5.91 Å². The highest BCUT2D eigenvalue weighted by Crippen LogP contribution is 2.34. The standard InChI is InChI=1S/C17H16FNO4S/c18-12-3-1-10(2-4-12)15-11(7-8-23-15)9-19-16(20)13-5-6-14(24-13)17(21)22/h1-6,11,15H,7-9H2,(H,19,20)(H,21,22)/t11-,15-/m0/s1. The van der Waals surface area contributed by atoms with Crippen molar-refractivity contribution < 1.29 is 23.8 Å². The summed E-state index contributed by atoms with van der Waals surface area (Å²) in [6.07, 6.45) is 0.622. The number of carboxylic acids is 1. The third-order valence-corrected chi connectivity index (χ3v) is 5.05. The molecule has 0 unspecified atom stereocenters. The maximum absolute atomic E-state index is 13.0. The van der Waals surface area contributed by atoms with Crippen LogP contribution < -0.4 is 5.32 Å². The maximum Gasteiger partial charge on any atom is 0.345 e. The SMILES string of the molecule is O=C(O)c1ccc(C(=O)NC[C@@H]2CCO[C@H]2c2ccc(F)cc2)s1. The van der Waals surface area contributed by atoms with Crippen LogP contribution in [0.2, 0.25) is 0 Å². The van der Waals surface area contributed by atoms with E-state index < -0.39 is 5.97 Å². The van der Waals surface area contributed by atoms with Crippen LogP contribution in [0.25, 0.3) is 0 Å². The fraction of sp³-hybridized carbons (Fsp3) is 0.294. The summed E-state index contributed by atoms with van der Waals surface area (Å²) in [7, 11) is 0. The lowest BCUT2D eigenvalue weighted by molar-refractivity contribution is 0.0702. The summed E-state index contributed by atoms with van der Waals surface area (Å²) >= 11 is 0.946. The van der Waals surface area contributed by atoms with E-state index >= 15 is 0 Å². The van der Waals surface area contributed by atoms with Crippen LogP contribution in [0.15, 0.2) is 36.4 Å². The molecule has 5 nitrogen and oxygen atoms in total. The minimum absolute atomic E-state index is 0.0957. The summed E-state index contributed by atoms with van der Waals surface area (Å²) < 4.78 is 18.7. The Bertz CT molecular complexity index is 743. The van der Waals surface area contributed by atoms with Gasteiger partial charge in [-0.2, -0.15) is 0 Å². The van der Waals surface area contributed by atoms with Crippen LogP contribution in [-0.4, -0.2) is 30.1 Å². The van der Waals surface area contributed by atoms with Crippen LogP contribution in [-0.2, 0) is 4.74 Å². The van der Waals surface area contributed by atoms with Gasteiger partial charge in [0.05, 0.1) is 11.0 Å². The molecule has 3 rings (SSSR count). The summed E-state index contributed by atoms with van der Waals surface area (Å²) in [4.78, 5) is 23.5. The van der Waals surface area contributed by atoms with E-state index in [0.29, 0.717) is 18.0 Å². The molecule has 1 aliphatic heterocycles. The first kappa shape index (κ1) is 16.6. The average Bonchev–Trinajstić information content (AvgIpc) is 3.23. The number of hydrogen-bond donors (Lipinski definition) is 2. The van der Waals surface area contributed by atoms with Crippen molar-refractivity contribution in [2.45, 2.75) is 12.5 Å². The fourth-order valence-corrected chi connectivity index (χ4v) is 3.51. The minimum Gasteiger partial charge on any atom is -0.477 e. The van der Waals surface area contributed by atoms with Crippen molar-refractivity contribution in [2.75, 3.05) is 13.2 Å². The number of carbonyl (C=O) groups is 2. The Morgan fingerprint density at radius 2 is 1.92 bits per heavy atom. The zero-order chi connectivity index (χ0) is 17.1. The molecule has 7 heteroatoms. The van der Waals surface area contributed by atoms with Gasteiger partial charge in [0.2, 0.25) is 0 Å². The smallest absolute Gasteiger partial charge is 0.345 e. The van der Waals surface area contributed by atoms with Crippen molar-refractivity contribution in [3.8, 4) is 0 Å². The lowest BCUT2D eigenvalue weighted by Gasteiger charge is -2.19. The topological polar surface area (TPSA) is 75.6 Å². The molecule has 2 N–H and O–H groups in total. The molecule has 2 heterocycles. The molecule has 1 aliphatic rings. The molecule has 2 aromatic rings. The lowest BCUT2D eigenvalue weighted by atomic mass is 9.95. The first-order valence-electron chi connectivity index (χ1n) is 7.53. The van der Waals surface area contributed by atoms with Crippen LogP contribution >= 0.6 is 11.3 Å². The molecular formula is C17H16FNO4S. The van der Waals surface area contributed by atoms with Gasteiger partial charge in [0.1, 0.15) is 10.7 Å². The van der Waals surface area contributed by atoms with Crippen LogP contribution in [0.1, 0.15) is 37.4 Å². The van der Waals surface area contributed by atoms with E-state index in [4.69, 9.17) is 9.84 Å². The van der Waals surface area contributed by atoms with Gasteiger partial charge in [-0.25, -0.2) is 9.18 Å². The van der Waals surface area contributed by atoms with E-state index in [1.165, 1.54) is 24.3 Å². The minimum atomic E-state index is -1.04. The van der Waals surface area contributed by atoms with Gasteiger partial charge in [-0.3, -0.25) is 4.79 Å². The van der Waals surface area contributed by atoms with Crippen molar-refractivity contribution in [1.29, 1.82) is 0 Å². The van der Waals surface area contributed by atoms with Gasteiger partial charge >= 0.3 is 5.97 Å².